The number of hydrogen-bond acceptors (Lipinski definition) is 4. The Hall–Kier alpha value is -0.610. The summed E-state index contributed by atoms with van der Waals surface area (Å²) >= 11 is 0. The molecule has 0 amide bonds. The van der Waals surface area contributed by atoms with E-state index in [1.807, 2.05) is 27.7 Å². The first-order valence-corrected chi connectivity index (χ1v) is 5.93. The van der Waals surface area contributed by atoms with Crippen LogP contribution in [0.3, 0.4) is 0 Å². The van der Waals surface area contributed by atoms with Gasteiger partial charge in [-0.15, -0.1) is 0 Å². The van der Waals surface area contributed by atoms with Gasteiger partial charge in [0, 0.05) is 13.1 Å². The number of morpholine rings is 1. The van der Waals surface area contributed by atoms with Crippen molar-refractivity contribution in [3.8, 4) is 0 Å². The zero-order valence-corrected chi connectivity index (χ0v) is 10.9. The third-order valence-corrected chi connectivity index (χ3v) is 3.43. The van der Waals surface area contributed by atoms with Crippen LogP contribution in [0, 0.1) is 0 Å². The molecule has 1 rings (SSSR count). The van der Waals surface area contributed by atoms with E-state index in [1.165, 1.54) is 7.11 Å². The molecule has 0 aromatic heterocycles. The van der Waals surface area contributed by atoms with Crippen molar-refractivity contribution in [2.45, 2.75) is 51.9 Å². The van der Waals surface area contributed by atoms with E-state index in [4.69, 9.17) is 9.47 Å². The molecule has 94 valence electrons. The van der Waals surface area contributed by atoms with E-state index >= 15 is 0 Å². The molecule has 0 aliphatic carbocycles. The SMILES string of the molecule is CCC(C)(C(=O)OC)N1CC(C)OC(C)C1. The number of methoxy groups -OCH3 is 1. The monoisotopic (exact) mass is 229 g/mol. The first kappa shape index (κ1) is 13.5. The average Bonchev–Trinajstić information content (AvgIpc) is 2.25. The summed E-state index contributed by atoms with van der Waals surface area (Å²) in [6.45, 7) is 9.60. The minimum atomic E-state index is -0.527. The number of hydrogen-bond donors (Lipinski definition) is 0. The number of carbonyl (C=O) groups excluding carboxylic acids is 1. The van der Waals surface area contributed by atoms with Gasteiger partial charge in [-0.05, 0) is 27.2 Å². The maximum absolute atomic E-state index is 11.9. The van der Waals surface area contributed by atoms with Gasteiger partial charge in [0.05, 0.1) is 19.3 Å². The van der Waals surface area contributed by atoms with Crippen molar-refractivity contribution >= 4 is 5.97 Å². The normalized spacial score (nSPS) is 30.8. The van der Waals surface area contributed by atoms with Gasteiger partial charge in [-0.2, -0.15) is 0 Å². The quantitative estimate of drug-likeness (QED) is 0.686. The molecule has 0 radical (unpaired) electrons. The van der Waals surface area contributed by atoms with Crippen molar-refractivity contribution in [3.05, 3.63) is 0 Å². The highest BCUT2D eigenvalue weighted by Gasteiger charge is 2.41. The van der Waals surface area contributed by atoms with Gasteiger partial charge in [0.15, 0.2) is 0 Å². The first-order valence-electron chi connectivity index (χ1n) is 5.93. The summed E-state index contributed by atoms with van der Waals surface area (Å²) in [6, 6.07) is 0. The molecule has 1 heterocycles. The first-order chi connectivity index (χ1) is 7.43. The highest BCUT2D eigenvalue weighted by Crippen LogP contribution is 2.25. The highest BCUT2D eigenvalue weighted by atomic mass is 16.5. The molecule has 0 bridgehead atoms. The predicted octanol–water partition coefficient (Wildman–Crippen LogP) is 1.44. The average molecular weight is 229 g/mol. The zero-order chi connectivity index (χ0) is 12.3. The minimum Gasteiger partial charge on any atom is -0.468 e. The van der Waals surface area contributed by atoms with Crippen LogP contribution in [0.15, 0.2) is 0 Å². The maximum atomic E-state index is 11.9. The second kappa shape index (κ2) is 5.15. The van der Waals surface area contributed by atoms with E-state index in [-0.39, 0.29) is 18.2 Å². The van der Waals surface area contributed by atoms with Crippen LogP contribution >= 0.6 is 0 Å². The zero-order valence-electron chi connectivity index (χ0n) is 10.9. The van der Waals surface area contributed by atoms with Crippen LogP contribution in [0.5, 0.6) is 0 Å². The third-order valence-electron chi connectivity index (χ3n) is 3.43. The topological polar surface area (TPSA) is 38.8 Å². The van der Waals surface area contributed by atoms with Crippen molar-refractivity contribution in [3.63, 3.8) is 0 Å². The molecule has 3 atom stereocenters. The number of nitrogens with zero attached hydrogens (tertiary/aromatic N) is 1. The Morgan fingerprint density at radius 3 is 2.31 bits per heavy atom. The van der Waals surface area contributed by atoms with Gasteiger partial charge in [-0.3, -0.25) is 9.69 Å². The Kier molecular flexibility index (Phi) is 4.33. The summed E-state index contributed by atoms with van der Waals surface area (Å²) in [5.74, 6) is -0.156. The van der Waals surface area contributed by atoms with Crippen LogP contribution in [0.25, 0.3) is 0 Å². The molecule has 4 heteroatoms. The van der Waals surface area contributed by atoms with E-state index in [9.17, 15) is 4.79 Å². The molecule has 0 saturated carbocycles. The molecule has 1 saturated heterocycles. The summed E-state index contributed by atoms with van der Waals surface area (Å²) in [6.07, 6.45) is 1.08. The van der Waals surface area contributed by atoms with Crippen LogP contribution in [-0.4, -0.2) is 48.8 Å². The smallest absolute Gasteiger partial charge is 0.325 e. The fraction of sp³-hybridized carbons (Fsp3) is 0.917. The summed E-state index contributed by atoms with van der Waals surface area (Å²) in [5.41, 5.74) is -0.527. The molecule has 0 N–H and O–H groups in total. The van der Waals surface area contributed by atoms with Gasteiger partial charge in [0.25, 0.3) is 0 Å². The molecule has 3 unspecified atom stereocenters. The van der Waals surface area contributed by atoms with Gasteiger partial charge < -0.3 is 9.47 Å². The highest BCUT2D eigenvalue weighted by molar-refractivity contribution is 5.80. The number of carbonyl (C=O) groups is 1. The summed E-state index contributed by atoms with van der Waals surface area (Å²) < 4.78 is 10.6. The van der Waals surface area contributed by atoms with E-state index in [1.54, 1.807) is 0 Å². The largest absolute Gasteiger partial charge is 0.468 e. The second-order valence-corrected chi connectivity index (χ2v) is 4.78. The molecule has 0 aromatic rings. The molecule has 1 fully saturated rings. The van der Waals surface area contributed by atoms with Crippen molar-refractivity contribution in [2.24, 2.45) is 0 Å². The lowest BCUT2D eigenvalue weighted by molar-refractivity contribution is -0.163. The van der Waals surface area contributed by atoms with Crippen molar-refractivity contribution in [1.82, 2.24) is 4.90 Å². The van der Waals surface area contributed by atoms with Crippen LogP contribution in [-0.2, 0) is 14.3 Å². The standard InChI is InChI=1S/C12H23NO3/c1-6-12(4,11(14)15-5)13-7-9(2)16-10(3)8-13/h9-10H,6-8H2,1-5H3. The van der Waals surface area contributed by atoms with Crippen LogP contribution in [0.1, 0.15) is 34.1 Å². The van der Waals surface area contributed by atoms with Crippen LogP contribution in [0.2, 0.25) is 0 Å². The number of rotatable bonds is 3. The lowest BCUT2D eigenvalue weighted by Crippen LogP contribution is -2.59. The van der Waals surface area contributed by atoms with E-state index < -0.39 is 5.54 Å². The van der Waals surface area contributed by atoms with Gasteiger partial charge in [-0.25, -0.2) is 0 Å². The van der Waals surface area contributed by atoms with Crippen molar-refractivity contribution in [1.29, 1.82) is 0 Å². The molecule has 0 spiro atoms. The predicted molar refractivity (Wildman–Crippen MR) is 62.3 cm³/mol. The lowest BCUT2D eigenvalue weighted by atomic mass is 9.94. The minimum absolute atomic E-state index is 0.156. The number of ether oxygens (including phenoxy) is 2. The Morgan fingerprint density at radius 2 is 1.94 bits per heavy atom. The van der Waals surface area contributed by atoms with E-state index in [0.717, 1.165) is 19.5 Å². The molecular weight excluding hydrogens is 206 g/mol. The summed E-state index contributed by atoms with van der Waals surface area (Å²) in [5, 5.41) is 0. The fourth-order valence-electron chi connectivity index (χ4n) is 2.30. The van der Waals surface area contributed by atoms with Gasteiger partial charge in [-0.1, -0.05) is 6.92 Å². The van der Waals surface area contributed by atoms with Gasteiger partial charge >= 0.3 is 5.97 Å². The lowest BCUT2D eigenvalue weighted by Gasteiger charge is -2.44. The van der Waals surface area contributed by atoms with E-state index in [0.29, 0.717) is 0 Å². The molecule has 0 aromatic carbocycles. The second-order valence-electron chi connectivity index (χ2n) is 4.78. The summed E-state index contributed by atoms with van der Waals surface area (Å²) in [7, 11) is 1.45. The Balaban J connectivity index is 2.83. The Labute approximate surface area is 97.9 Å². The molecular formula is C12H23NO3. The third kappa shape index (κ3) is 2.55. The Bertz CT molecular complexity index is 247. The Morgan fingerprint density at radius 1 is 1.44 bits per heavy atom. The van der Waals surface area contributed by atoms with Crippen LogP contribution in [0.4, 0.5) is 0 Å². The maximum Gasteiger partial charge on any atom is 0.325 e. The van der Waals surface area contributed by atoms with E-state index in [2.05, 4.69) is 4.90 Å². The number of esters is 1. The molecule has 1 aliphatic heterocycles. The van der Waals surface area contributed by atoms with Gasteiger partial charge in [0.1, 0.15) is 5.54 Å². The van der Waals surface area contributed by atoms with Crippen molar-refractivity contribution < 1.29 is 14.3 Å². The fourth-order valence-corrected chi connectivity index (χ4v) is 2.30. The van der Waals surface area contributed by atoms with Crippen LogP contribution < -0.4 is 0 Å². The van der Waals surface area contributed by atoms with Crippen molar-refractivity contribution in [2.75, 3.05) is 20.2 Å². The molecule has 1 aliphatic rings. The summed E-state index contributed by atoms with van der Waals surface area (Å²) in [4.78, 5) is 14.1. The van der Waals surface area contributed by atoms with Gasteiger partial charge in [0.2, 0.25) is 0 Å². The molecule has 4 nitrogen and oxygen atoms in total. The molecule has 16 heavy (non-hydrogen) atoms.